The zero-order chi connectivity index (χ0) is 15.4. The Labute approximate surface area is 124 Å². The first-order valence-corrected chi connectivity index (χ1v) is 7.89. The maximum Gasteiger partial charge on any atom is 0.326 e. The van der Waals surface area contributed by atoms with Gasteiger partial charge >= 0.3 is 5.97 Å². The molecule has 2 atom stereocenters. The number of nitrogens with one attached hydrogen (secondary N) is 1. The van der Waals surface area contributed by atoms with E-state index >= 15 is 0 Å². The van der Waals surface area contributed by atoms with Crippen molar-refractivity contribution in [2.24, 2.45) is 0 Å². The van der Waals surface area contributed by atoms with Gasteiger partial charge in [0.1, 0.15) is 5.54 Å². The smallest absolute Gasteiger partial charge is 0.326 e. The van der Waals surface area contributed by atoms with Crippen LogP contribution in [-0.4, -0.2) is 48.7 Å². The summed E-state index contributed by atoms with van der Waals surface area (Å²) in [7, 11) is 3.68. The van der Waals surface area contributed by atoms with Gasteiger partial charge in [0.25, 0.3) is 0 Å². The molecule has 0 aromatic carbocycles. The Morgan fingerprint density at radius 3 is 2.60 bits per heavy atom. The molecule has 1 fully saturated rings. The van der Waals surface area contributed by atoms with Crippen LogP contribution in [0.15, 0.2) is 0 Å². The third-order valence-electron chi connectivity index (χ3n) is 5.18. The first-order chi connectivity index (χ1) is 9.33. The van der Waals surface area contributed by atoms with Crippen LogP contribution < -0.4 is 5.32 Å². The van der Waals surface area contributed by atoms with Crippen LogP contribution in [0.3, 0.4) is 0 Å². The first kappa shape index (κ1) is 17.4. The topological polar surface area (TPSA) is 41.6 Å². The minimum atomic E-state index is -0.496. The van der Waals surface area contributed by atoms with Crippen molar-refractivity contribution in [2.45, 2.75) is 76.9 Å². The van der Waals surface area contributed by atoms with Crippen molar-refractivity contribution < 1.29 is 9.53 Å². The van der Waals surface area contributed by atoms with Crippen LogP contribution in [0.5, 0.6) is 0 Å². The molecule has 0 aromatic heterocycles. The molecule has 0 aromatic rings. The molecule has 4 nitrogen and oxygen atoms in total. The van der Waals surface area contributed by atoms with Crippen LogP contribution in [0.1, 0.15) is 59.8 Å². The van der Waals surface area contributed by atoms with E-state index in [1.165, 1.54) is 7.11 Å². The van der Waals surface area contributed by atoms with Gasteiger partial charge in [-0.1, -0.05) is 13.8 Å². The number of likely N-dealkylation sites (N-methyl/N-ethyl adjacent to an activating group) is 1. The molecule has 0 saturated heterocycles. The van der Waals surface area contributed by atoms with Crippen LogP contribution >= 0.6 is 0 Å². The number of rotatable bonds is 6. The van der Waals surface area contributed by atoms with Crippen molar-refractivity contribution in [3.63, 3.8) is 0 Å². The third kappa shape index (κ3) is 3.53. The Kier molecular flexibility index (Phi) is 6.02. The Hall–Kier alpha value is -0.610. The normalized spacial score (nSPS) is 27.6. The lowest BCUT2D eigenvalue weighted by molar-refractivity contribution is -0.151. The molecule has 4 heteroatoms. The summed E-state index contributed by atoms with van der Waals surface area (Å²) in [5.74, 6) is -0.105. The van der Waals surface area contributed by atoms with E-state index in [-0.39, 0.29) is 11.5 Å². The molecule has 0 radical (unpaired) electrons. The molecular weight excluding hydrogens is 252 g/mol. The molecule has 0 heterocycles. The van der Waals surface area contributed by atoms with Crippen LogP contribution in [-0.2, 0) is 9.53 Å². The Morgan fingerprint density at radius 1 is 1.45 bits per heavy atom. The quantitative estimate of drug-likeness (QED) is 0.761. The third-order valence-corrected chi connectivity index (χ3v) is 5.18. The van der Waals surface area contributed by atoms with E-state index < -0.39 is 5.54 Å². The van der Waals surface area contributed by atoms with E-state index in [0.29, 0.717) is 6.04 Å². The van der Waals surface area contributed by atoms with Gasteiger partial charge in [0.2, 0.25) is 0 Å². The number of hydrogen-bond donors (Lipinski definition) is 1. The summed E-state index contributed by atoms with van der Waals surface area (Å²) in [6.45, 7) is 9.61. The fourth-order valence-corrected chi connectivity index (χ4v) is 3.27. The molecule has 0 amide bonds. The maximum absolute atomic E-state index is 12.3. The monoisotopic (exact) mass is 284 g/mol. The van der Waals surface area contributed by atoms with Gasteiger partial charge in [0.15, 0.2) is 0 Å². The van der Waals surface area contributed by atoms with Crippen LogP contribution in [0.25, 0.3) is 0 Å². The van der Waals surface area contributed by atoms with Crippen LogP contribution in [0, 0.1) is 0 Å². The highest BCUT2D eigenvalue weighted by molar-refractivity contribution is 5.81. The molecule has 0 bridgehead atoms. The second-order valence-electron chi connectivity index (χ2n) is 6.63. The molecule has 2 unspecified atom stereocenters. The van der Waals surface area contributed by atoms with Crippen molar-refractivity contribution in [1.29, 1.82) is 0 Å². The molecule has 1 aliphatic rings. The fraction of sp³-hybridized carbons (Fsp3) is 0.938. The standard InChI is InChI=1S/C16H32N2O2/c1-7-15(3,4)18(5)13-10-9-11-16(12-13,17-8-2)14(19)20-6/h13,17H,7-12H2,1-6H3. The molecule has 118 valence electrons. The van der Waals surface area contributed by atoms with E-state index in [4.69, 9.17) is 4.74 Å². The number of methoxy groups -OCH3 is 1. The Morgan fingerprint density at radius 2 is 2.10 bits per heavy atom. The summed E-state index contributed by atoms with van der Waals surface area (Å²) in [5, 5.41) is 3.40. The van der Waals surface area contributed by atoms with Gasteiger partial charge in [0.05, 0.1) is 7.11 Å². The van der Waals surface area contributed by atoms with Gasteiger partial charge in [0, 0.05) is 11.6 Å². The lowest BCUT2D eigenvalue weighted by atomic mass is 9.77. The average Bonchev–Trinajstić information content (AvgIpc) is 2.46. The number of carbonyl (C=O) groups is 1. The molecule has 1 N–H and O–H groups in total. The Bertz CT molecular complexity index is 326. The van der Waals surface area contributed by atoms with E-state index in [1.807, 2.05) is 6.92 Å². The van der Waals surface area contributed by atoms with Gasteiger partial charge in [-0.3, -0.25) is 9.69 Å². The second kappa shape index (κ2) is 6.90. The predicted octanol–water partition coefficient (Wildman–Crippen LogP) is 2.57. The average molecular weight is 284 g/mol. The minimum absolute atomic E-state index is 0.105. The highest BCUT2D eigenvalue weighted by Gasteiger charge is 2.45. The van der Waals surface area contributed by atoms with Crippen molar-refractivity contribution in [3.05, 3.63) is 0 Å². The summed E-state index contributed by atoms with van der Waals surface area (Å²) < 4.78 is 5.07. The number of esters is 1. The van der Waals surface area contributed by atoms with Crippen LogP contribution in [0.2, 0.25) is 0 Å². The zero-order valence-corrected chi connectivity index (χ0v) is 14.1. The molecule has 1 aliphatic carbocycles. The molecule has 20 heavy (non-hydrogen) atoms. The van der Waals surface area contributed by atoms with E-state index in [0.717, 1.165) is 38.6 Å². The van der Waals surface area contributed by atoms with Gasteiger partial charge < -0.3 is 10.1 Å². The van der Waals surface area contributed by atoms with Gasteiger partial charge in [-0.05, 0) is 59.5 Å². The summed E-state index contributed by atoms with van der Waals surface area (Å²) in [5.41, 5.74) is -0.333. The predicted molar refractivity (Wildman–Crippen MR) is 82.8 cm³/mol. The van der Waals surface area contributed by atoms with Crippen molar-refractivity contribution in [2.75, 3.05) is 20.7 Å². The lowest BCUT2D eigenvalue weighted by Gasteiger charge is -2.47. The number of ether oxygens (including phenoxy) is 1. The van der Waals surface area contributed by atoms with Gasteiger partial charge in [-0.25, -0.2) is 0 Å². The van der Waals surface area contributed by atoms with Crippen molar-refractivity contribution >= 4 is 5.97 Å². The Balaban J connectivity index is 2.90. The van der Waals surface area contributed by atoms with E-state index in [2.05, 4.69) is 38.0 Å². The first-order valence-electron chi connectivity index (χ1n) is 7.89. The number of hydrogen-bond acceptors (Lipinski definition) is 4. The number of nitrogens with zero attached hydrogens (tertiary/aromatic N) is 1. The van der Waals surface area contributed by atoms with Gasteiger partial charge in [-0.2, -0.15) is 0 Å². The summed E-state index contributed by atoms with van der Waals surface area (Å²) in [6, 6.07) is 0.428. The fourth-order valence-electron chi connectivity index (χ4n) is 3.27. The lowest BCUT2D eigenvalue weighted by Crippen LogP contribution is -2.60. The minimum Gasteiger partial charge on any atom is -0.468 e. The van der Waals surface area contributed by atoms with Crippen LogP contribution in [0.4, 0.5) is 0 Å². The SMILES string of the molecule is CCNC1(C(=O)OC)CCCC(N(C)C(C)(C)CC)C1. The summed E-state index contributed by atoms with van der Waals surface area (Å²) >= 11 is 0. The molecule has 0 aliphatic heterocycles. The maximum atomic E-state index is 12.3. The van der Waals surface area contributed by atoms with Gasteiger partial charge in [-0.15, -0.1) is 0 Å². The molecule has 1 rings (SSSR count). The largest absolute Gasteiger partial charge is 0.468 e. The molecule has 1 saturated carbocycles. The highest BCUT2D eigenvalue weighted by Crippen LogP contribution is 2.35. The second-order valence-corrected chi connectivity index (χ2v) is 6.63. The summed E-state index contributed by atoms with van der Waals surface area (Å²) in [6.07, 6.45) is 5.05. The molecular formula is C16H32N2O2. The van der Waals surface area contributed by atoms with E-state index in [9.17, 15) is 4.79 Å². The highest BCUT2D eigenvalue weighted by atomic mass is 16.5. The van der Waals surface area contributed by atoms with E-state index in [1.54, 1.807) is 0 Å². The molecule has 0 spiro atoms. The van der Waals surface area contributed by atoms with Crippen molar-refractivity contribution in [1.82, 2.24) is 10.2 Å². The summed E-state index contributed by atoms with van der Waals surface area (Å²) in [4.78, 5) is 14.7. The van der Waals surface area contributed by atoms with Crippen molar-refractivity contribution in [3.8, 4) is 0 Å². The number of carbonyl (C=O) groups excluding carboxylic acids is 1. The zero-order valence-electron chi connectivity index (χ0n) is 14.1.